The number of carbonyl (C=O) groups excluding carboxylic acids is 1. The van der Waals surface area contributed by atoms with Crippen molar-refractivity contribution >= 4 is 11.8 Å². The molecule has 0 saturated carbocycles. The van der Waals surface area contributed by atoms with Crippen molar-refractivity contribution in [3.8, 4) is 5.75 Å². The van der Waals surface area contributed by atoms with E-state index in [4.69, 9.17) is 25.1 Å². The van der Waals surface area contributed by atoms with Crippen LogP contribution in [0.25, 0.3) is 10.4 Å². The van der Waals surface area contributed by atoms with Gasteiger partial charge in [-0.25, -0.2) is 19.2 Å². The van der Waals surface area contributed by atoms with Crippen molar-refractivity contribution in [2.45, 2.75) is 31.3 Å². The van der Waals surface area contributed by atoms with Crippen LogP contribution in [0.2, 0.25) is 0 Å². The van der Waals surface area contributed by atoms with Gasteiger partial charge in [0.2, 0.25) is 5.90 Å². The molecule has 4 rings (SSSR count). The van der Waals surface area contributed by atoms with E-state index in [2.05, 4.69) is 20.9 Å². The molecule has 0 fully saturated rings. The average Bonchev–Trinajstić information content (AvgIpc) is 3.40. The highest BCUT2D eigenvalue weighted by Crippen LogP contribution is 2.29. The summed E-state index contributed by atoms with van der Waals surface area (Å²) in [6.45, 7) is 0.703. The molecule has 10 nitrogen and oxygen atoms in total. The standard InChI is InChI=1S/C29H30F2N6O4/c30-24-14-20(15-25(31)16-24)10-11-33-36-28(39)29(17-22-4-1-2-5-23(22)18-34-37-32)19-41-27(35-29)21-6-8-26(9-7-21)40-13-3-12-38/h1-2,4-9,14-16,33,38H,3,10-13,17-19H2,(H,36,39)/t29-/m0/s1. The Kier molecular flexibility index (Phi) is 10.2. The largest absolute Gasteiger partial charge is 0.494 e. The van der Waals surface area contributed by atoms with E-state index < -0.39 is 23.1 Å². The number of benzene rings is 3. The molecule has 1 aliphatic heterocycles. The predicted molar refractivity (Wildman–Crippen MR) is 148 cm³/mol. The molecule has 0 aliphatic carbocycles. The molecular formula is C29H30F2N6O4. The molecule has 0 spiro atoms. The normalized spacial score (nSPS) is 15.9. The molecule has 214 valence electrons. The molecular weight excluding hydrogens is 534 g/mol. The fourth-order valence-electron chi connectivity index (χ4n) is 4.36. The Balaban J connectivity index is 1.53. The van der Waals surface area contributed by atoms with Crippen molar-refractivity contribution in [2.24, 2.45) is 10.1 Å². The maximum absolute atomic E-state index is 13.6. The number of azide groups is 1. The van der Waals surface area contributed by atoms with Crippen LogP contribution in [-0.2, 0) is 28.9 Å². The average molecular weight is 565 g/mol. The first-order valence-electron chi connectivity index (χ1n) is 13.0. The van der Waals surface area contributed by atoms with Crippen molar-refractivity contribution in [3.05, 3.63) is 111 Å². The zero-order valence-electron chi connectivity index (χ0n) is 22.2. The molecule has 0 saturated heterocycles. The smallest absolute Gasteiger partial charge is 0.266 e. The number of rotatable bonds is 14. The number of nitrogens with zero attached hydrogens (tertiary/aromatic N) is 4. The molecule has 0 unspecified atom stereocenters. The summed E-state index contributed by atoms with van der Waals surface area (Å²) in [4.78, 5) is 21.2. The molecule has 1 atom stereocenters. The van der Waals surface area contributed by atoms with E-state index in [0.717, 1.165) is 17.2 Å². The van der Waals surface area contributed by atoms with Gasteiger partial charge >= 0.3 is 0 Å². The van der Waals surface area contributed by atoms with Crippen LogP contribution in [0, 0.1) is 11.6 Å². The van der Waals surface area contributed by atoms with E-state index in [1.165, 1.54) is 12.1 Å². The maximum atomic E-state index is 13.6. The van der Waals surface area contributed by atoms with Gasteiger partial charge in [0, 0.05) is 42.5 Å². The molecule has 0 radical (unpaired) electrons. The SMILES string of the molecule is [N-]=[N+]=NCc1ccccc1C[C@@]1(C(=O)NNCCc2cc(F)cc(F)c2)COC(c2ccc(OCCCO)cc2)=N1. The number of aliphatic hydroxyl groups is 1. The summed E-state index contributed by atoms with van der Waals surface area (Å²) in [6, 6.07) is 17.6. The van der Waals surface area contributed by atoms with Crippen molar-refractivity contribution in [1.82, 2.24) is 10.9 Å². The van der Waals surface area contributed by atoms with Gasteiger partial charge in [-0.15, -0.1) is 0 Å². The van der Waals surface area contributed by atoms with Crippen molar-refractivity contribution in [3.63, 3.8) is 0 Å². The van der Waals surface area contributed by atoms with Gasteiger partial charge in [0.25, 0.3) is 5.91 Å². The molecule has 12 heteroatoms. The Morgan fingerprint density at radius 3 is 2.56 bits per heavy atom. The molecule has 3 aromatic rings. The number of hydrogen-bond acceptors (Lipinski definition) is 7. The predicted octanol–water partition coefficient (Wildman–Crippen LogP) is 4.16. The third-order valence-electron chi connectivity index (χ3n) is 6.43. The maximum Gasteiger partial charge on any atom is 0.266 e. The minimum absolute atomic E-state index is 0.0388. The van der Waals surface area contributed by atoms with E-state index in [1.807, 2.05) is 24.3 Å². The quantitative estimate of drug-likeness (QED) is 0.0887. The Bertz CT molecular complexity index is 1410. The van der Waals surface area contributed by atoms with Gasteiger partial charge in [0.15, 0.2) is 5.54 Å². The highest BCUT2D eigenvalue weighted by atomic mass is 19.1. The number of hydrogen-bond donors (Lipinski definition) is 3. The highest BCUT2D eigenvalue weighted by Gasteiger charge is 2.45. The van der Waals surface area contributed by atoms with Gasteiger partial charge in [0.05, 0.1) is 13.2 Å². The van der Waals surface area contributed by atoms with Crippen LogP contribution in [0.5, 0.6) is 5.75 Å². The molecule has 0 bridgehead atoms. The van der Waals surface area contributed by atoms with Crippen molar-refractivity contribution in [1.29, 1.82) is 0 Å². The van der Waals surface area contributed by atoms with Crippen LogP contribution in [-0.4, -0.2) is 48.8 Å². The fraction of sp³-hybridized carbons (Fsp3) is 0.310. The first kappa shape index (κ1) is 29.5. The highest BCUT2D eigenvalue weighted by molar-refractivity contribution is 6.00. The van der Waals surface area contributed by atoms with Crippen LogP contribution in [0.15, 0.2) is 76.8 Å². The van der Waals surface area contributed by atoms with E-state index in [-0.39, 0.29) is 45.0 Å². The molecule has 1 amide bonds. The number of halogens is 2. The van der Waals surface area contributed by atoms with Crippen LogP contribution in [0.1, 0.15) is 28.7 Å². The van der Waals surface area contributed by atoms with Gasteiger partial charge in [0.1, 0.15) is 24.0 Å². The second kappa shape index (κ2) is 14.2. The first-order valence-corrected chi connectivity index (χ1v) is 13.0. The van der Waals surface area contributed by atoms with E-state index in [1.54, 1.807) is 24.3 Å². The van der Waals surface area contributed by atoms with Gasteiger partial charge < -0.3 is 14.6 Å². The van der Waals surface area contributed by atoms with E-state index in [9.17, 15) is 13.6 Å². The van der Waals surface area contributed by atoms with Crippen LogP contribution >= 0.6 is 0 Å². The molecule has 1 heterocycles. The zero-order chi connectivity index (χ0) is 29.1. The lowest BCUT2D eigenvalue weighted by Gasteiger charge is -2.24. The fourth-order valence-corrected chi connectivity index (χ4v) is 4.36. The monoisotopic (exact) mass is 564 g/mol. The number of carbonyl (C=O) groups is 1. The Labute approximate surface area is 235 Å². The van der Waals surface area contributed by atoms with Gasteiger partial charge in [-0.3, -0.25) is 10.2 Å². The lowest BCUT2D eigenvalue weighted by molar-refractivity contribution is -0.127. The number of hydrazine groups is 1. The summed E-state index contributed by atoms with van der Waals surface area (Å²) < 4.78 is 38.5. The van der Waals surface area contributed by atoms with Crippen LogP contribution < -0.4 is 15.6 Å². The van der Waals surface area contributed by atoms with Gasteiger partial charge in [-0.05, 0) is 65.0 Å². The Morgan fingerprint density at radius 2 is 1.85 bits per heavy atom. The van der Waals surface area contributed by atoms with Crippen molar-refractivity contribution in [2.75, 3.05) is 26.4 Å². The summed E-state index contributed by atoms with van der Waals surface area (Å²) in [6.07, 6.45) is 0.955. The minimum Gasteiger partial charge on any atom is -0.494 e. The summed E-state index contributed by atoms with van der Waals surface area (Å²) in [7, 11) is 0. The van der Waals surface area contributed by atoms with Crippen LogP contribution in [0.3, 0.4) is 0 Å². The van der Waals surface area contributed by atoms with E-state index in [0.29, 0.717) is 29.9 Å². The minimum atomic E-state index is -1.35. The first-order chi connectivity index (χ1) is 19.9. The summed E-state index contributed by atoms with van der Waals surface area (Å²) >= 11 is 0. The molecule has 1 aliphatic rings. The lowest BCUT2D eigenvalue weighted by atomic mass is 9.89. The second-order valence-corrected chi connectivity index (χ2v) is 9.43. The third kappa shape index (κ3) is 8.01. The summed E-state index contributed by atoms with van der Waals surface area (Å²) in [5, 5.41) is 12.6. The number of nitrogens with one attached hydrogen (secondary N) is 2. The lowest BCUT2D eigenvalue weighted by Crippen LogP contribution is -2.53. The van der Waals surface area contributed by atoms with Gasteiger partial charge in [-0.1, -0.05) is 29.4 Å². The number of aliphatic hydroxyl groups excluding tert-OH is 1. The van der Waals surface area contributed by atoms with E-state index >= 15 is 0 Å². The van der Waals surface area contributed by atoms with Crippen molar-refractivity contribution < 1.29 is 28.2 Å². The summed E-state index contributed by atoms with van der Waals surface area (Å²) in [5.41, 5.74) is 15.6. The summed E-state index contributed by atoms with van der Waals surface area (Å²) in [5.74, 6) is -0.890. The second-order valence-electron chi connectivity index (χ2n) is 9.43. The Morgan fingerprint density at radius 1 is 1.12 bits per heavy atom. The third-order valence-corrected chi connectivity index (χ3v) is 6.43. The number of ether oxygens (including phenoxy) is 2. The van der Waals surface area contributed by atoms with Gasteiger partial charge in [-0.2, -0.15) is 0 Å². The molecule has 41 heavy (non-hydrogen) atoms. The zero-order valence-corrected chi connectivity index (χ0v) is 22.2. The topological polar surface area (TPSA) is 141 Å². The number of amides is 1. The molecule has 3 N–H and O–H groups in total. The molecule has 3 aromatic carbocycles. The Hall–Kier alpha value is -4.51. The number of aliphatic imine (C=N–C) groups is 1. The van der Waals surface area contributed by atoms with Crippen LogP contribution in [0.4, 0.5) is 8.78 Å². The molecule has 0 aromatic heterocycles.